The fraction of sp³-hybridized carbons (Fsp3) is 0.467. The van der Waals surface area contributed by atoms with E-state index in [1.165, 1.54) is 0 Å². The van der Waals surface area contributed by atoms with Gasteiger partial charge in [-0.15, -0.1) is 0 Å². The number of hydrogen-bond donors (Lipinski definition) is 1. The maximum absolute atomic E-state index is 13.0. The molecule has 1 atom stereocenters. The molecule has 21 heavy (non-hydrogen) atoms. The van der Waals surface area contributed by atoms with Crippen molar-refractivity contribution in [2.75, 3.05) is 4.90 Å². The Bertz CT molecular complexity index is 614. The molecule has 4 nitrogen and oxygen atoms in total. The Labute approximate surface area is 137 Å². The SMILES string of the molecule is CC1C(=O)NC2(CCCC2)C(=O)N1c1cc(Cl)ccc1Br. The number of nitrogens with zero attached hydrogens (tertiary/aromatic N) is 1. The molecule has 1 spiro atoms. The van der Waals surface area contributed by atoms with Gasteiger partial charge in [0.1, 0.15) is 11.6 Å². The van der Waals surface area contributed by atoms with E-state index in [4.69, 9.17) is 11.6 Å². The highest BCUT2D eigenvalue weighted by Gasteiger charge is 2.51. The number of benzene rings is 1. The van der Waals surface area contributed by atoms with Gasteiger partial charge in [0.15, 0.2) is 0 Å². The molecule has 2 fully saturated rings. The zero-order valence-electron chi connectivity index (χ0n) is 11.7. The summed E-state index contributed by atoms with van der Waals surface area (Å²) in [4.78, 5) is 26.9. The van der Waals surface area contributed by atoms with Crippen LogP contribution in [-0.4, -0.2) is 23.4 Å². The summed E-state index contributed by atoms with van der Waals surface area (Å²) >= 11 is 9.51. The number of rotatable bonds is 1. The molecule has 0 bridgehead atoms. The van der Waals surface area contributed by atoms with Gasteiger partial charge < -0.3 is 5.32 Å². The number of anilines is 1. The van der Waals surface area contributed by atoms with E-state index >= 15 is 0 Å². The number of carbonyl (C=O) groups is 2. The number of nitrogens with one attached hydrogen (secondary N) is 1. The second kappa shape index (κ2) is 5.29. The van der Waals surface area contributed by atoms with E-state index in [0.717, 1.165) is 17.3 Å². The lowest BCUT2D eigenvalue weighted by atomic mass is 9.90. The largest absolute Gasteiger partial charge is 0.340 e. The first-order valence-corrected chi connectivity index (χ1v) is 8.22. The van der Waals surface area contributed by atoms with Gasteiger partial charge in [-0.25, -0.2) is 0 Å². The van der Waals surface area contributed by atoms with Crippen LogP contribution in [0.3, 0.4) is 0 Å². The molecule has 1 saturated heterocycles. The number of hydrogen-bond acceptors (Lipinski definition) is 2. The lowest BCUT2D eigenvalue weighted by Crippen LogP contribution is -2.69. The van der Waals surface area contributed by atoms with Crippen molar-refractivity contribution >= 4 is 45.0 Å². The average molecular weight is 372 g/mol. The summed E-state index contributed by atoms with van der Waals surface area (Å²) in [7, 11) is 0. The van der Waals surface area contributed by atoms with Crippen LogP contribution in [0.2, 0.25) is 5.02 Å². The van der Waals surface area contributed by atoms with Crippen molar-refractivity contribution in [2.45, 2.75) is 44.2 Å². The molecule has 1 aliphatic heterocycles. The predicted octanol–water partition coefficient (Wildman–Crippen LogP) is 3.27. The molecule has 0 radical (unpaired) electrons. The molecule has 3 rings (SSSR count). The highest BCUT2D eigenvalue weighted by molar-refractivity contribution is 9.10. The molecule has 1 unspecified atom stereocenters. The predicted molar refractivity (Wildman–Crippen MR) is 85.4 cm³/mol. The van der Waals surface area contributed by atoms with Gasteiger partial charge >= 0.3 is 0 Å². The third-order valence-corrected chi connectivity index (χ3v) is 5.29. The third-order valence-electron chi connectivity index (χ3n) is 4.38. The summed E-state index contributed by atoms with van der Waals surface area (Å²) in [5.74, 6) is -0.140. The van der Waals surface area contributed by atoms with Crippen molar-refractivity contribution in [1.29, 1.82) is 0 Å². The summed E-state index contributed by atoms with van der Waals surface area (Å²) in [6, 6.07) is 4.73. The van der Waals surface area contributed by atoms with Gasteiger partial charge in [-0.1, -0.05) is 24.4 Å². The van der Waals surface area contributed by atoms with Crippen molar-refractivity contribution in [3.8, 4) is 0 Å². The number of halogens is 2. The van der Waals surface area contributed by atoms with E-state index in [-0.39, 0.29) is 11.8 Å². The smallest absolute Gasteiger partial charge is 0.253 e. The molecule has 2 aliphatic rings. The van der Waals surface area contributed by atoms with Gasteiger partial charge in [-0.05, 0) is 53.9 Å². The number of piperazine rings is 1. The van der Waals surface area contributed by atoms with Crippen LogP contribution in [0.15, 0.2) is 22.7 Å². The van der Waals surface area contributed by atoms with Crippen molar-refractivity contribution in [1.82, 2.24) is 5.32 Å². The maximum Gasteiger partial charge on any atom is 0.253 e. The van der Waals surface area contributed by atoms with E-state index in [1.807, 2.05) is 0 Å². The van der Waals surface area contributed by atoms with Gasteiger partial charge in [0.25, 0.3) is 5.91 Å². The van der Waals surface area contributed by atoms with Gasteiger partial charge in [0.05, 0.1) is 5.69 Å². The molecule has 6 heteroatoms. The third kappa shape index (κ3) is 2.36. The molecular formula is C15H16BrClN2O2. The van der Waals surface area contributed by atoms with Crippen molar-refractivity contribution < 1.29 is 9.59 Å². The topological polar surface area (TPSA) is 49.4 Å². The van der Waals surface area contributed by atoms with Gasteiger partial charge in [0.2, 0.25) is 5.91 Å². The van der Waals surface area contributed by atoms with Gasteiger partial charge in [-0.2, -0.15) is 0 Å². The maximum atomic E-state index is 13.0. The van der Waals surface area contributed by atoms with Crippen LogP contribution in [0.5, 0.6) is 0 Å². The summed E-state index contributed by atoms with van der Waals surface area (Å²) in [5.41, 5.74) is -0.0770. The molecule has 0 aromatic heterocycles. The molecule has 112 valence electrons. The van der Waals surface area contributed by atoms with E-state index in [0.29, 0.717) is 23.6 Å². The quantitative estimate of drug-likeness (QED) is 0.824. The van der Waals surface area contributed by atoms with Crippen LogP contribution in [0.25, 0.3) is 0 Å². The average Bonchev–Trinajstić information content (AvgIpc) is 2.90. The zero-order chi connectivity index (χ0) is 15.2. The summed E-state index contributed by atoms with van der Waals surface area (Å²) in [6.07, 6.45) is 3.34. The first-order chi connectivity index (χ1) is 9.94. The molecule has 1 saturated carbocycles. The van der Waals surface area contributed by atoms with E-state index < -0.39 is 11.6 Å². The second-order valence-electron chi connectivity index (χ2n) is 5.73. The van der Waals surface area contributed by atoms with Crippen LogP contribution >= 0.6 is 27.5 Å². The highest BCUT2D eigenvalue weighted by Crippen LogP contribution is 2.39. The standard InChI is InChI=1S/C15H16BrClN2O2/c1-9-13(20)18-15(6-2-3-7-15)14(21)19(9)12-8-10(17)4-5-11(12)16/h4-5,8-9H,2-3,6-7H2,1H3,(H,18,20). The first-order valence-electron chi connectivity index (χ1n) is 7.05. The Kier molecular flexibility index (Phi) is 3.74. The molecule has 1 aromatic carbocycles. The number of carbonyl (C=O) groups excluding carboxylic acids is 2. The molecule has 2 amide bonds. The van der Waals surface area contributed by atoms with Crippen LogP contribution < -0.4 is 10.2 Å². The summed E-state index contributed by atoms with van der Waals surface area (Å²) < 4.78 is 0.759. The van der Waals surface area contributed by atoms with E-state index in [9.17, 15) is 9.59 Å². The first kappa shape index (κ1) is 14.9. The second-order valence-corrected chi connectivity index (χ2v) is 7.02. The van der Waals surface area contributed by atoms with Crippen LogP contribution in [0.1, 0.15) is 32.6 Å². The van der Waals surface area contributed by atoms with Crippen molar-refractivity contribution in [3.63, 3.8) is 0 Å². The Balaban J connectivity index is 2.08. The van der Waals surface area contributed by atoms with Crippen LogP contribution in [0, 0.1) is 0 Å². The molecule has 1 N–H and O–H groups in total. The van der Waals surface area contributed by atoms with Crippen LogP contribution in [-0.2, 0) is 9.59 Å². The van der Waals surface area contributed by atoms with E-state index in [1.54, 1.807) is 30.0 Å². The molecule has 1 heterocycles. The Morgan fingerprint density at radius 2 is 2.00 bits per heavy atom. The fourth-order valence-electron chi connectivity index (χ4n) is 3.22. The van der Waals surface area contributed by atoms with Gasteiger partial charge in [-0.3, -0.25) is 14.5 Å². The minimum atomic E-state index is -0.731. The molecule has 1 aliphatic carbocycles. The summed E-state index contributed by atoms with van der Waals surface area (Å²) in [5, 5.41) is 3.49. The van der Waals surface area contributed by atoms with Gasteiger partial charge in [0, 0.05) is 9.50 Å². The minimum absolute atomic E-state index is 0.0323. The molecule has 1 aromatic rings. The molecular weight excluding hydrogens is 356 g/mol. The van der Waals surface area contributed by atoms with Crippen LogP contribution in [0.4, 0.5) is 5.69 Å². The normalized spacial score (nSPS) is 24.5. The number of amides is 2. The lowest BCUT2D eigenvalue weighted by Gasteiger charge is -2.43. The highest BCUT2D eigenvalue weighted by atomic mass is 79.9. The Hall–Kier alpha value is -1.07. The minimum Gasteiger partial charge on any atom is -0.340 e. The Morgan fingerprint density at radius 1 is 1.33 bits per heavy atom. The summed E-state index contributed by atoms with van der Waals surface area (Å²) in [6.45, 7) is 1.74. The lowest BCUT2D eigenvalue weighted by molar-refractivity contribution is -0.137. The fourth-order valence-corrected chi connectivity index (χ4v) is 3.83. The van der Waals surface area contributed by atoms with E-state index in [2.05, 4.69) is 21.2 Å². The Morgan fingerprint density at radius 3 is 2.67 bits per heavy atom. The zero-order valence-corrected chi connectivity index (χ0v) is 14.0. The van der Waals surface area contributed by atoms with Crippen molar-refractivity contribution in [3.05, 3.63) is 27.7 Å². The van der Waals surface area contributed by atoms with Crippen molar-refractivity contribution in [2.24, 2.45) is 0 Å². The monoisotopic (exact) mass is 370 g/mol.